The predicted octanol–water partition coefficient (Wildman–Crippen LogP) is 6.41. The minimum Gasteiger partial charge on any atom is -0.355 e. The van der Waals surface area contributed by atoms with Gasteiger partial charge < -0.3 is 10.2 Å². The third-order valence-corrected chi connectivity index (χ3v) is 9.17. The number of hydrogen-bond acceptors (Lipinski definition) is 4. The molecule has 4 aromatic rings. The first-order valence-corrected chi connectivity index (χ1v) is 16.1. The molecule has 0 fully saturated rings. The quantitative estimate of drug-likeness (QED) is 0.191. The lowest BCUT2D eigenvalue weighted by molar-refractivity contribution is -0.140. The molecule has 11 heteroatoms. The minimum atomic E-state index is -4.34. The molecule has 2 amide bonds. The largest absolute Gasteiger partial charge is 0.355 e. The topological polar surface area (TPSA) is 86.8 Å². The van der Waals surface area contributed by atoms with Gasteiger partial charge in [0.05, 0.1) is 10.6 Å². The maximum absolute atomic E-state index is 14.9. The first-order chi connectivity index (χ1) is 21.0. The number of nitrogens with one attached hydrogen (secondary N) is 1. The molecule has 0 aromatic heterocycles. The Morgan fingerprint density at radius 3 is 2.11 bits per heavy atom. The average molecular weight is 657 g/mol. The SMILES string of the molecule is CCNC(=O)C(Cc1ccccc1)N(Cc1ccccc1F)C(=O)CN(c1cc(Cl)cc(Cl)c1)S(=O)(=O)c1ccc(C)cc1. The van der Waals surface area contributed by atoms with Crippen LogP contribution >= 0.6 is 23.2 Å². The summed E-state index contributed by atoms with van der Waals surface area (Å²) in [6.07, 6.45) is 0.112. The zero-order valence-electron chi connectivity index (χ0n) is 24.2. The second-order valence-corrected chi connectivity index (χ2v) is 12.9. The van der Waals surface area contributed by atoms with E-state index in [1.165, 1.54) is 53.4 Å². The molecule has 44 heavy (non-hydrogen) atoms. The summed E-state index contributed by atoms with van der Waals surface area (Å²) in [6.45, 7) is 2.87. The number of likely N-dealkylation sites (N-methyl/N-ethyl adjacent to an activating group) is 1. The van der Waals surface area contributed by atoms with Gasteiger partial charge in [0.25, 0.3) is 10.0 Å². The lowest BCUT2D eigenvalue weighted by atomic mass is 10.0. The molecule has 0 aliphatic heterocycles. The zero-order chi connectivity index (χ0) is 31.9. The molecule has 4 aromatic carbocycles. The number of sulfonamides is 1. The van der Waals surface area contributed by atoms with Crippen LogP contribution in [0, 0.1) is 12.7 Å². The predicted molar refractivity (Wildman–Crippen MR) is 172 cm³/mol. The number of benzene rings is 4. The lowest BCUT2D eigenvalue weighted by Gasteiger charge is -2.34. The fourth-order valence-electron chi connectivity index (χ4n) is 4.71. The van der Waals surface area contributed by atoms with Gasteiger partial charge in [0.2, 0.25) is 11.8 Å². The van der Waals surface area contributed by atoms with E-state index in [1.807, 2.05) is 37.3 Å². The van der Waals surface area contributed by atoms with E-state index in [0.29, 0.717) is 6.54 Å². The molecular formula is C33H32Cl2FN3O4S. The van der Waals surface area contributed by atoms with Crippen molar-refractivity contribution in [2.24, 2.45) is 0 Å². The van der Waals surface area contributed by atoms with Crippen LogP contribution in [0.1, 0.15) is 23.6 Å². The Morgan fingerprint density at radius 2 is 1.50 bits per heavy atom. The number of rotatable bonds is 12. The summed E-state index contributed by atoms with van der Waals surface area (Å²) < 4.78 is 44.0. The van der Waals surface area contributed by atoms with E-state index < -0.39 is 40.2 Å². The second kappa shape index (κ2) is 14.7. The first kappa shape index (κ1) is 33.0. The van der Waals surface area contributed by atoms with E-state index in [4.69, 9.17) is 23.2 Å². The Morgan fingerprint density at radius 1 is 0.886 bits per heavy atom. The van der Waals surface area contributed by atoms with Gasteiger partial charge in [-0.3, -0.25) is 13.9 Å². The molecular weight excluding hydrogens is 624 g/mol. The van der Waals surface area contributed by atoms with Gasteiger partial charge in [-0.05, 0) is 55.8 Å². The summed E-state index contributed by atoms with van der Waals surface area (Å²) in [5, 5.41) is 3.10. The Bertz CT molecular complexity index is 1700. The number of aryl methyl sites for hydroxylation is 1. The zero-order valence-corrected chi connectivity index (χ0v) is 26.5. The number of halogens is 3. The normalized spacial score (nSPS) is 11.9. The van der Waals surface area contributed by atoms with Crippen LogP contribution in [-0.2, 0) is 32.6 Å². The van der Waals surface area contributed by atoms with Crippen LogP contribution in [0.25, 0.3) is 0 Å². The molecule has 0 saturated heterocycles. The Balaban J connectivity index is 1.83. The number of amides is 2. The van der Waals surface area contributed by atoms with Gasteiger partial charge in [0.15, 0.2) is 0 Å². The van der Waals surface area contributed by atoms with Gasteiger partial charge in [-0.15, -0.1) is 0 Å². The number of anilines is 1. The third kappa shape index (κ3) is 8.16. The van der Waals surface area contributed by atoms with Crippen molar-refractivity contribution < 1.29 is 22.4 Å². The Hall–Kier alpha value is -3.92. The molecule has 0 saturated carbocycles. The average Bonchev–Trinajstić information content (AvgIpc) is 2.98. The van der Waals surface area contributed by atoms with Gasteiger partial charge in [-0.25, -0.2) is 12.8 Å². The number of carbonyl (C=O) groups is 2. The van der Waals surface area contributed by atoms with E-state index >= 15 is 0 Å². The van der Waals surface area contributed by atoms with Gasteiger partial charge in [-0.1, -0.05) is 89.4 Å². The molecule has 4 rings (SSSR count). The molecule has 1 N–H and O–H groups in total. The van der Waals surface area contributed by atoms with E-state index in [1.54, 1.807) is 25.1 Å². The molecule has 0 heterocycles. The first-order valence-electron chi connectivity index (χ1n) is 13.9. The summed E-state index contributed by atoms with van der Waals surface area (Å²) in [6, 6.07) is 24.3. The van der Waals surface area contributed by atoms with Crippen LogP contribution in [0.15, 0.2) is 102 Å². The van der Waals surface area contributed by atoms with Crippen molar-refractivity contribution in [1.29, 1.82) is 0 Å². The fourth-order valence-corrected chi connectivity index (χ4v) is 6.62. The monoisotopic (exact) mass is 655 g/mol. The number of nitrogens with zero attached hydrogens (tertiary/aromatic N) is 2. The second-order valence-electron chi connectivity index (χ2n) is 10.2. The van der Waals surface area contributed by atoms with Crippen molar-refractivity contribution in [3.05, 3.63) is 130 Å². The van der Waals surface area contributed by atoms with E-state index in [2.05, 4.69) is 5.32 Å². The van der Waals surface area contributed by atoms with Gasteiger partial charge >= 0.3 is 0 Å². The minimum absolute atomic E-state index is 0.0554. The van der Waals surface area contributed by atoms with Crippen LogP contribution in [0.5, 0.6) is 0 Å². The number of hydrogen-bond donors (Lipinski definition) is 1. The van der Waals surface area contributed by atoms with Crippen molar-refractivity contribution in [3.8, 4) is 0 Å². The maximum atomic E-state index is 14.9. The summed E-state index contributed by atoms with van der Waals surface area (Å²) in [5.41, 5.74) is 1.84. The summed E-state index contributed by atoms with van der Waals surface area (Å²) in [7, 11) is -4.34. The molecule has 0 radical (unpaired) electrons. The van der Waals surface area contributed by atoms with Crippen LogP contribution in [0.4, 0.5) is 10.1 Å². The Labute approximate surface area is 267 Å². The van der Waals surface area contributed by atoms with E-state index in [-0.39, 0.29) is 39.2 Å². The summed E-state index contributed by atoms with van der Waals surface area (Å²) in [5.74, 6) is -1.75. The van der Waals surface area contributed by atoms with Gasteiger partial charge in [0.1, 0.15) is 18.4 Å². The van der Waals surface area contributed by atoms with Gasteiger partial charge in [0, 0.05) is 35.1 Å². The number of carbonyl (C=O) groups excluding carboxylic acids is 2. The molecule has 0 spiro atoms. The molecule has 0 bridgehead atoms. The third-order valence-electron chi connectivity index (χ3n) is 6.94. The highest BCUT2D eigenvalue weighted by molar-refractivity contribution is 7.92. The van der Waals surface area contributed by atoms with Crippen molar-refractivity contribution >= 4 is 50.7 Å². The molecule has 0 aliphatic rings. The van der Waals surface area contributed by atoms with Crippen LogP contribution in [-0.4, -0.2) is 44.3 Å². The van der Waals surface area contributed by atoms with Crippen LogP contribution in [0.3, 0.4) is 0 Å². The molecule has 1 atom stereocenters. The lowest BCUT2D eigenvalue weighted by Crippen LogP contribution is -2.53. The van der Waals surface area contributed by atoms with Crippen LogP contribution < -0.4 is 9.62 Å². The smallest absolute Gasteiger partial charge is 0.264 e. The maximum Gasteiger partial charge on any atom is 0.264 e. The molecule has 230 valence electrons. The van der Waals surface area contributed by atoms with Crippen molar-refractivity contribution in [2.75, 3.05) is 17.4 Å². The van der Waals surface area contributed by atoms with Gasteiger partial charge in [-0.2, -0.15) is 0 Å². The van der Waals surface area contributed by atoms with E-state index in [9.17, 15) is 22.4 Å². The van der Waals surface area contributed by atoms with Crippen molar-refractivity contribution in [3.63, 3.8) is 0 Å². The summed E-state index contributed by atoms with van der Waals surface area (Å²) in [4.78, 5) is 29.0. The van der Waals surface area contributed by atoms with E-state index in [0.717, 1.165) is 15.4 Å². The highest BCUT2D eigenvalue weighted by Gasteiger charge is 2.35. The highest BCUT2D eigenvalue weighted by atomic mass is 35.5. The Kier molecular flexibility index (Phi) is 11.0. The fraction of sp³-hybridized carbons (Fsp3) is 0.212. The van der Waals surface area contributed by atoms with Crippen LogP contribution in [0.2, 0.25) is 10.0 Å². The molecule has 0 aliphatic carbocycles. The summed E-state index contributed by atoms with van der Waals surface area (Å²) >= 11 is 12.5. The van der Waals surface area contributed by atoms with Crippen molar-refractivity contribution in [1.82, 2.24) is 10.2 Å². The highest BCUT2D eigenvalue weighted by Crippen LogP contribution is 2.30. The van der Waals surface area contributed by atoms with Crippen molar-refractivity contribution in [2.45, 2.75) is 37.8 Å². The molecule has 1 unspecified atom stereocenters. The molecule has 7 nitrogen and oxygen atoms in total. The standard InChI is InChI=1S/C33H32Cl2FN3O4S/c1-3-37-33(41)31(17-24-9-5-4-6-10-24)38(21-25-11-7-8-12-30(25)36)32(40)22-39(28-19-26(34)18-27(35)20-28)44(42,43)29-15-13-23(2)14-16-29/h4-16,18-20,31H,3,17,21-22H2,1-2H3,(H,37,41).